The van der Waals surface area contributed by atoms with E-state index in [0.717, 1.165) is 40.9 Å². The number of nitrogens with one attached hydrogen (secondary N) is 1. The van der Waals surface area contributed by atoms with Crippen molar-refractivity contribution >= 4 is 11.5 Å². The molecule has 6 nitrogen and oxygen atoms in total. The lowest BCUT2D eigenvalue weighted by Gasteiger charge is -2.34. The molecule has 1 atom stereocenters. The molecule has 5 rings (SSSR count). The molecule has 3 aliphatic rings. The molecule has 2 N–H and O–H groups in total. The number of aromatic hydroxyl groups is 1. The molecule has 0 radical (unpaired) electrons. The van der Waals surface area contributed by atoms with Crippen LogP contribution in [0.3, 0.4) is 0 Å². The van der Waals surface area contributed by atoms with Crippen molar-refractivity contribution in [2.24, 2.45) is 0 Å². The zero-order chi connectivity index (χ0) is 18.5. The minimum atomic E-state index is -0.243. The average Bonchev–Trinajstić information content (AvgIpc) is 3.13. The predicted molar refractivity (Wildman–Crippen MR) is 98.6 cm³/mol. The topological polar surface area (TPSA) is 77.0 Å². The third kappa shape index (κ3) is 2.44. The maximum atomic E-state index is 12.8. The van der Waals surface area contributed by atoms with Crippen LogP contribution in [0.2, 0.25) is 0 Å². The number of hydrogen-bond donors (Lipinski definition) is 2. The third-order valence-electron chi connectivity index (χ3n) is 5.42. The second-order valence-corrected chi connectivity index (χ2v) is 6.95. The van der Waals surface area contributed by atoms with Crippen molar-refractivity contribution < 1.29 is 24.1 Å². The number of allylic oxidation sites excluding steroid dienone is 2. The van der Waals surface area contributed by atoms with Crippen molar-refractivity contribution in [3.05, 3.63) is 52.7 Å². The number of carbonyl (C=O) groups excluding carboxylic acids is 1. The van der Waals surface area contributed by atoms with E-state index >= 15 is 0 Å². The van der Waals surface area contributed by atoms with Gasteiger partial charge in [-0.05, 0) is 42.2 Å². The predicted octanol–water partition coefficient (Wildman–Crippen LogP) is 3.69. The van der Waals surface area contributed by atoms with Crippen LogP contribution in [0, 0.1) is 0 Å². The number of hydrogen-bond acceptors (Lipinski definition) is 6. The zero-order valence-corrected chi connectivity index (χ0v) is 14.9. The van der Waals surface area contributed by atoms with Crippen molar-refractivity contribution in [2.45, 2.75) is 25.2 Å². The van der Waals surface area contributed by atoms with Crippen molar-refractivity contribution in [1.82, 2.24) is 0 Å². The van der Waals surface area contributed by atoms with Crippen LogP contribution in [0.4, 0.5) is 5.69 Å². The number of rotatable bonds is 2. The molecule has 2 aliphatic heterocycles. The number of phenolic OH excluding ortho intramolecular Hbond substituents is 1. The summed E-state index contributed by atoms with van der Waals surface area (Å²) in [6, 6.07) is 9.13. The van der Waals surface area contributed by atoms with Gasteiger partial charge in [-0.15, -0.1) is 0 Å². The molecule has 138 valence electrons. The Bertz CT molecular complexity index is 994. The monoisotopic (exact) mass is 365 g/mol. The van der Waals surface area contributed by atoms with Crippen molar-refractivity contribution in [2.75, 3.05) is 19.2 Å². The van der Waals surface area contributed by atoms with E-state index in [2.05, 4.69) is 5.32 Å². The van der Waals surface area contributed by atoms with Gasteiger partial charge in [0.2, 0.25) is 6.79 Å². The maximum absolute atomic E-state index is 12.8. The second kappa shape index (κ2) is 5.94. The first kappa shape index (κ1) is 16.1. The molecule has 0 saturated heterocycles. The standard InChI is InChI=1S/C21H19NO5/c1-25-17-7-11(5-6-15(17)23)20-12-8-18-19(27-10-26-18)9-14(12)22-13-3-2-4-16(24)21(13)20/h5-9,20,22-23H,2-4,10H2,1H3. The molecule has 6 heteroatoms. The fourth-order valence-corrected chi connectivity index (χ4v) is 4.17. The number of ether oxygens (including phenoxy) is 3. The number of phenols is 1. The molecule has 0 saturated carbocycles. The molecule has 0 spiro atoms. The molecular weight excluding hydrogens is 346 g/mol. The Morgan fingerprint density at radius 3 is 2.78 bits per heavy atom. The number of fused-ring (bicyclic) bond motifs is 2. The van der Waals surface area contributed by atoms with E-state index in [1.807, 2.05) is 18.2 Å². The summed E-state index contributed by atoms with van der Waals surface area (Å²) in [6.45, 7) is 0.196. The highest BCUT2D eigenvalue weighted by Gasteiger charge is 2.36. The first-order valence-electron chi connectivity index (χ1n) is 8.99. The van der Waals surface area contributed by atoms with Gasteiger partial charge in [-0.1, -0.05) is 6.07 Å². The maximum Gasteiger partial charge on any atom is 0.231 e. The minimum Gasteiger partial charge on any atom is -0.504 e. The van der Waals surface area contributed by atoms with Crippen LogP contribution < -0.4 is 19.5 Å². The fraction of sp³-hybridized carbons (Fsp3) is 0.286. The lowest BCUT2D eigenvalue weighted by Crippen LogP contribution is -2.26. The van der Waals surface area contributed by atoms with Gasteiger partial charge in [-0.2, -0.15) is 0 Å². The molecule has 2 heterocycles. The van der Waals surface area contributed by atoms with Gasteiger partial charge in [0.1, 0.15) is 0 Å². The number of Topliss-reactive ketones (excluding diaryl/α,β-unsaturated/α-hetero) is 1. The van der Waals surface area contributed by atoms with Gasteiger partial charge in [0, 0.05) is 35.4 Å². The Hall–Kier alpha value is -3.15. The Balaban J connectivity index is 1.73. The SMILES string of the molecule is COc1cc(C2C3=C(CCCC3=O)Nc3cc4c(cc32)OCO4)ccc1O. The molecular formula is C21H19NO5. The van der Waals surface area contributed by atoms with E-state index in [1.165, 1.54) is 7.11 Å². The quantitative estimate of drug-likeness (QED) is 0.845. The summed E-state index contributed by atoms with van der Waals surface area (Å²) >= 11 is 0. The summed E-state index contributed by atoms with van der Waals surface area (Å²) < 4.78 is 16.4. The van der Waals surface area contributed by atoms with Crippen LogP contribution in [0.1, 0.15) is 36.3 Å². The molecule has 0 bridgehead atoms. The van der Waals surface area contributed by atoms with Crippen LogP contribution in [-0.2, 0) is 4.79 Å². The van der Waals surface area contributed by atoms with Crippen molar-refractivity contribution in [3.63, 3.8) is 0 Å². The average molecular weight is 365 g/mol. The van der Waals surface area contributed by atoms with Gasteiger partial charge in [-0.3, -0.25) is 4.79 Å². The summed E-state index contributed by atoms with van der Waals surface area (Å²) in [6.07, 6.45) is 2.23. The van der Waals surface area contributed by atoms with E-state index in [9.17, 15) is 9.90 Å². The summed E-state index contributed by atoms with van der Waals surface area (Å²) in [7, 11) is 1.52. The normalized spacial score (nSPS) is 20.0. The number of benzene rings is 2. The third-order valence-corrected chi connectivity index (χ3v) is 5.42. The smallest absolute Gasteiger partial charge is 0.231 e. The second-order valence-electron chi connectivity index (χ2n) is 6.95. The van der Waals surface area contributed by atoms with Gasteiger partial charge >= 0.3 is 0 Å². The van der Waals surface area contributed by atoms with E-state index in [-0.39, 0.29) is 24.2 Å². The van der Waals surface area contributed by atoms with Gasteiger partial charge in [0.25, 0.3) is 0 Å². The highest BCUT2D eigenvalue weighted by molar-refractivity contribution is 6.01. The van der Waals surface area contributed by atoms with Crippen LogP contribution in [0.25, 0.3) is 0 Å². The zero-order valence-electron chi connectivity index (χ0n) is 14.9. The van der Waals surface area contributed by atoms with Crippen molar-refractivity contribution in [3.8, 4) is 23.0 Å². The lowest BCUT2D eigenvalue weighted by molar-refractivity contribution is -0.116. The fourth-order valence-electron chi connectivity index (χ4n) is 4.17. The van der Waals surface area contributed by atoms with Gasteiger partial charge in [-0.25, -0.2) is 0 Å². The Labute approximate surface area is 156 Å². The highest BCUT2D eigenvalue weighted by Crippen LogP contribution is 2.50. The Kier molecular flexibility index (Phi) is 3.53. The highest BCUT2D eigenvalue weighted by atomic mass is 16.7. The molecule has 2 aromatic carbocycles. The number of anilines is 1. The largest absolute Gasteiger partial charge is 0.504 e. The summed E-state index contributed by atoms with van der Waals surface area (Å²) in [5.41, 5.74) is 4.54. The van der Waals surface area contributed by atoms with Gasteiger partial charge in [0.05, 0.1) is 7.11 Å². The Morgan fingerprint density at radius 1 is 1.15 bits per heavy atom. The molecule has 1 aliphatic carbocycles. The van der Waals surface area contributed by atoms with E-state index in [0.29, 0.717) is 23.7 Å². The van der Waals surface area contributed by atoms with Gasteiger partial charge < -0.3 is 24.6 Å². The molecule has 0 aromatic heterocycles. The van der Waals surface area contributed by atoms with Crippen LogP contribution in [-0.4, -0.2) is 24.8 Å². The van der Waals surface area contributed by atoms with Crippen LogP contribution >= 0.6 is 0 Å². The van der Waals surface area contributed by atoms with Crippen LogP contribution in [0.15, 0.2) is 41.6 Å². The molecule has 0 amide bonds. The number of carbonyl (C=O) groups is 1. The molecule has 0 fully saturated rings. The summed E-state index contributed by atoms with van der Waals surface area (Å²) in [5.74, 6) is 1.76. The van der Waals surface area contributed by atoms with Gasteiger partial charge in [0.15, 0.2) is 28.8 Å². The molecule has 2 aromatic rings. The van der Waals surface area contributed by atoms with E-state index in [1.54, 1.807) is 12.1 Å². The van der Waals surface area contributed by atoms with E-state index in [4.69, 9.17) is 14.2 Å². The van der Waals surface area contributed by atoms with Crippen LogP contribution in [0.5, 0.6) is 23.0 Å². The minimum absolute atomic E-state index is 0.0743. The molecule has 1 unspecified atom stereocenters. The summed E-state index contributed by atoms with van der Waals surface area (Å²) in [4.78, 5) is 12.8. The molecule has 27 heavy (non-hydrogen) atoms. The van der Waals surface area contributed by atoms with E-state index < -0.39 is 0 Å². The van der Waals surface area contributed by atoms with Crippen molar-refractivity contribution in [1.29, 1.82) is 0 Å². The first-order chi connectivity index (χ1) is 13.2. The lowest BCUT2D eigenvalue weighted by atomic mass is 9.75. The number of ketones is 1. The number of methoxy groups -OCH3 is 1. The first-order valence-corrected chi connectivity index (χ1v) is 8.99. The summed E-state index contributed by atoms with van der Waals surface area (Å²) in [5, 5.41) is 13.4. The Morgan fingerprint density at radius 2 is 1.96 bits per heavy atom.